The number of carbonyl (C=O) groups is 1. The zero-order valence-corrected chi connectivity index (χ0v) is 9.19. The standard InChI is InChI=1S/C10H16N4O2/c1-2-3-7(6-11)12-10(16)8-4-5-9(15)14-13-8/h4-5,7H,2-3,6,11H2,1H3,(H,12,16)(H,14,15). The minimum Gasteiger partial charge on any atom is -0.347 e. The van der Waals surface area contributed by atoms with E-state index < -0.39 is 0 Å². The minimum atomic E-state index is -0.333. The van der Waals surface area contributed by atoms with Crippen LogP contribution in [0.4, 0.5) is 0 Å². The normalized spacial score (nSPS) is 12.1. The molecular weight excluding hydrogens is 208 g/mol. The van der Waals surface area contributed by atoms with Crippen LogP contribution in [0.3, 0.4) is 0 Å². The summed E-state index contributed by atoms with van der Waals surface area (Å²) in [7, 11) is 0. The Morgan fingerprint density at radius 1 is 1.62 bits per heavy atom. The number of amides is 1. The van der Waals surface area contributed by atoms with E-state index in [9.17, 15) is 9.59 Å². The van der Waals surface area contributed by atoms with Crippen LogP contribution in [0.5, 0.6) is 0 Å². The highest BCUT2D eigenvalue weighted by Crippen LogP contribution is 1.97. The third-order valence-electron chi connectivity index (χ3n) is 2.17. The van der Waals surface area contributed by atoms with Crippen molar-refractivity contribution in [3.63, 3.8) is 0 Å². The van der Waals surface area contributed by atoms with Crippen LogP contribution in [-0.2, 0) is 0 Å². The second kappa shape index (κ2) is 6.02. The number of hydrogen-bond acceptors (Lipinski definition) is 4. The molecule has 1 atom stereocenters. The summed E-state index contributed by atoms with van der Waals surface area (Å²) in [4.78, 5) is 22.4. The molecule has 0 aliphatic heterocycles. The largest absolute Gasteiger partial charge is 0.347 e. The summed E-state index contributed by atoms with van der Waals surface area (Å²) < 4.78 is 0. The van der Waals surface area contributed by atoms with Crippen molar-refractivity contribution in [1.82, 2.24) is 15.5 Å². The lowest BCUT2D eigenvalue weighted by Gasteiger charge is -2.15. The Kier molecular flexibility index (Phi) is 4.65. The summed E-state index contributed by atoms with van der Waals surface area (Å²) in [5, 5.41) is 8.60. The zero-order valence-electron chi connectivity index (χ0n) is 9.19. The molecule has 1 aromatic heterocycles. The van der Waals surface area contributed by atoms with Gasteiger partial charge >= 0.3 is 0 Å². The van der Waals surface area contributed by atoms with Crippen molar-refractivity contribution < 1.29 is 4.79 Å². The van der Waals surface area contributed by atoms with Gasteiger partial charge in [-0.2, -0.15) is 5.10 Å². The van der Waals surface area contributed by atoms with E-state index in [1.165, 1.54) is 12.1 Å². The summed E-state index contributed by atoms with van der Waals surface area (Å²) in [6, 6.07) is 2.60. The molecule has 0 radical (unpaired) electrons. The van der Waals surface area contributed by atoms with Gasteiger partial charge in [0, 0.05) is 18.7 Å². The van der Waals surface area contributed by atoms with Crippen LogP contribution in [0, 0.1) is 0 Å². The van der Waals surface area contributed by atoms with E-state index in [1.807, 2.05) is 6.92 Å². The molecule has 6 heteroatoms. The van der Waals surface area contributed by atoms with E-state index >= 15 is 0 Å². The fraction of sp³-hybridized carbons (Fsp3) is 0.500. The van der Waals surface area contributed by atoms with Crippen LogP contribution in [0.25, 0.3) is 0 Å². The Hall–Kier alpha value is -1.69. The third kappa shape index (κ3) is 3.47. The Balaban J connectivity index is 2.64. The van der Waals surface area contributed by atoms with Gasteiger partial charge < -0.3 is 11.1 Å². The maximum atomic E-state index is 11.6. The highest BCUT2D eigenvalue weighted by Gasteiger charge is 2.12. The predicted molar refractivity (Wildman–Crippen MR) is 60.1 cm³/mol. The molecule has 0 aromatic carbocycles. The Bertz CT molecular complexity index is 382. The minimum absolute atomic E-state index is 0.0498. The van der Waals surface area contributed by atoms with Gasteiger partial charge in [0.05, 0.1) is 0 Å². The lowest BCUT2D eigenvalue weighted by atomic mass is 10.1. The van der Waals surface area contributed by atoms with Crippen molar-refractivity contribution in [3.05, 3.63) is 28.2 Å². The lowest BCUT2D eigenvalue weighted by Crippen LogP contribution is -2.40. The van der Waals surface area contributed by atoms with E-state index in [4.69, 9.17) is 5.73 Å². The summed E-state index contributed by atoms with van der Waals surface area (Å²) >= 11 is 0. The quantitative estimate of drug-likeness (QED) is 0.635. The SMILES string of the molecule is CCCC(CN)NC(=O)c1ccc(=O)[nH]n1. The molecule has 0 saturated heterocycles. The van der Waals surface area contributed by atoms with Crippen LogP contribution in [0.15, 0.2) is 16.9 Å². The molecule has 1 heterocycles. The highest BCUT2D eigenvalue weighted by molar-refractivity contribution is 5.92. The van der Waals surface area contributed by atoms with Gasteiger partial charge in [-0.3, -0.25) is 9.59 Å². The van der Waals surface area contributed by atoms with Crippen molar-refractivity contribution >= 4 is 5.91 Å². The number of nitrogens with one attached hydrogen (secondary N) is 2. The number of H-pyrrole nitrogens is 1. The van der Waals surface area contributed by atoms with Crippen LogP contribution in [0.2, 0.25) is 0 Å². The number of hydrogen-bond donors (Lipinski definition) is 3. The molecule has 0 spiro atoms. The van der Waals surface area contributed by atoms with Crippen LogP contribution in [-0.4, -0.2) is 28.7 Å². The molecule has 1 amide bonds. The lowest BCUT2D eigenvalue weighted by molar-refractivity contribution is 0.0930. The predicted octanol–water partition coefficient (Wildman–Crippen LogP) is -0.373. The Morgan fingerprint density at radius 2 is 2.38 bits per heavy atom. The number of aromatic amines is 1. The third-order valence-corrected chi connectivity index (χ3v) is 2.17. The fourth-order valence-corrected chi connectivity index (χ4v) is 1.33. The van der Waals surface area contributed by atoms with Gasteiger partial charge in [0.1, 0.15) is 5.69 Å². The molecule has 88 valence electrons. The summed E-state index contributed by atoms with van der Waals surface area (Å²) in [5.41, 5.74) is 5.37. The fourth-order valence-electron chi connectivity index (χ4n) is 1.33. The van der Waals surface area contributed by atoms with Crippen molar-refractivity contribution in [3.8, 4) is 0 Å². The van der Waals surface area contributed by atoms with Gasteiger partial charge in [-0.1, -0.05) is 13.3 Å². The maximum Gasteiger partial charge on any atom is 0.271 e. The number of carbonyl (C=O) groups excluding carboxylic acids is 1. The van der Waals surface area contributed by atoms with Crippen molar-refractivity contribution in [2.24, 2.45) is 5.73 Å². The van der Waals surface area contributed by atoms with Crippen LogP contribution >= 0.6 is 0 Å². The number of rotatable bonds is 5. The molecule has 0 fully saturated rings. The molecule has 1 unspecified atom stereocenters. The second-order valence-corrected chi connectivity index (χ2v) is 3.50. The smallest absolute Gasteiger partial charge is 0.271 e. The highest BCUT2D eigenvalue weighted by atomic mass is 16.2. The van der Waals surface area contributed by atoms with Gasteiger partial charge in [-0.25, -0.2) is 5.10 Å². The molecule has 0 aliphatic rings. The molecule has 4 N–H and O–H groups in total. The molecule has 0 aliphatic carbocycles. The first kappa shape index (κ1) is 12.4. The van der Waals surface area contributed by atoms with Gasteiger partial charge in [0.2, 0.25) is 0 Å². The van der Waals surface area contributed by atoms with Crippen LogP contribution < -0.4 is 16.6 Å². The molecular formula is C10H16N4O2. The molecule has 1 aromatic rings. The first-order chi connectivity index (χ1) is 7.67. The van der Waals surface area contributed by atoms with Crippen molar-refractivity contribution in [1.29, 1.82) is 0 Å². The van der Waals surface area contributed by atoms with E-state index in [0.717, 1.165) is 12.8 Å². The first-order valence-corrected chi connectivity index (χ1v) is 5.24. The molecule has 16 heavy (non-hydrogen) atoms. The van der Waals surface area contributed by atoms with E-state index in [2.05, 4.69) is 15.5 Å². The second-order valence-electron chi connectivity index (χ2n) is 3.50. The summed E-state index contributed by atoms with van der Waals surface area (Å²) in [5.74, 6) is -0.319. The molecule has 0 bridgehead atoms. The van der Waals surface area contributed by atoms with Gasteiger partial charge in [0.15, 0.2) is 0 Å². The average molecular weight is 224 g/mol. The number of nitrogens with zero attached hydrogens (tertiary/aromatic N) is 1. The van der Waals surface area contributed by atoms with E-state index in [-0.39, 0.29) is 23.2 Å². The monoisotopic (exact) mass is 224 g/mol. The van der Waals surface area contributed by atoms with E-state index in [0.29, 0.717) is 6.54 Å². The molecule has 6 nitrogen and oxygen atoms in total. The maximum absolute atomic E-state index is 11.6. The summed E-state index contributed by atoms with van der Waals surface area (Å²) in [6.07, 6.45) is 1.77. The number of aromatic nitrogens is 2. The zero-order chi connectivity index (χ0) is 12.0. The van der Waals surface area contributed by atoms with Gasteiger partial charge in [-0.15, -0.1) is 0 Å². The van der Waals surface area contributed by atoms with Crippen molar-refractivity contribution in [2.45, 2.75) is 25.8 Å². The first-order valence-electron chi connectivity index (χ1n) is 5.24. The number of nitrogens with two attached hydrogens (primary N) is 1. The molecule has 1 rings (SSSR count). The molecule has 0 saturated carbocycles. The van der Waals surface area contributed by atoms with E-state index in [1.54, 1.807) is 0 Å². The average Bonchev–Trinajstić information content (AvgIpc) is 2.29. The Labute approximate surface area is 93.2 Å². The Morgan fingerprint density at radius 3 is 2.88 bits per heavy atom. The van der Waals surface area contributed by atoms with Crippen molar-refractivity contribution in [2.75, 3.05) is 6.54 Å². The van der Waals surface area contributed by atoms with Gasteiger partial charge in [0.25, 0.3) is 11.5 Å². The topological polar surface area (TPSA) is 101 Å². The van der Waals surface area contributed by atoms with Gasteiger partial charge in [-0.05, 0) is 12.5 Å². The summed E-state index contributed by atoms with van der Waals surface area (Å²) in [6.45, 7) is 2.41. The van der Waals surface area contributed by atoms with Crippen LogP contribution in [0.1, 0.15) is 30.3 Å².